The predicted molar refractivity (Wildman–Crippen MR) is 64.5 cm³/mol. The molecule has 0 amide bonds. The first-order valence-electron chi connectivity index (χ1n) is 4.83. The van der Waals surface area contributed by atoms with E-state index in [0.717, 1.165) is 10.6 Å². The lowest BCUT2D eigenvalue weighted by Crippen LogP contribution is -1.87. The molecule has 0 aliphatic rings. The van der Waals surface area contributed by atoms with E-state index in [9.17, 15) is 5.11 Å². The number of aromatic nitrogens is 2. The lowest BCUT2D eigenvalue weighted by atomic mass is 10.2. The van der Waals surface area contributed by atoms with Gasteiger partial charge in [0.25, 0.3) is 0 Å². The van der Waals surface area contributed by atoms with Gasteiger partial charge < -0.3 is 5.11 Å². The van der Waals surface area contributed by atoms with Gasteiger partial charge in [0.05, 0.1) is 22.3 Å². The summed E-state index contributed by atoms with van der Waals surface area (Å²) in [5.74, 6) is 0.170. The van der Waals surface area contributed by atoms with Crippen molar-refractivity contribution in [2.45, 2.75) is 0 Å². The second-order valence-corrected chi connectivity index (χ2v) is 4.33. The largest absolute Gasteiger partial charge is 0.506 e. The Bertz CT molecular complexity index is 635. The molecule has 1 N–H and O–H groups in total. The standard InChI is InChI=1S/C12H8N2OS/c15-10-4-1-3-8-12(10)14-9(7-13-8)11-5-2-6-16-11/h1-7,15H. The van der Waals surface area contributed by atoms with Crippen LogP contribution < -0.4 is 0 Å². The quantitative estimate of drug-likeness (QED) is 0.696. The van der Waals surface area contributed by atoms with Gasteiger partial charge in [-0.05, 0) is 23.6 Å². The summed E-state index contributed by atoms with van der Waals surface area (Å²) in [5.41, 5.74) is 2.05. The summed E-state index contributed by atoms with van der Waals surface area (Å²) in [6.45, 7) is 0. The van der Waals surface area contributed by atoms with Crippen molar-refractivity contribution in [3.05, 3.63) is 41.9 Å². The molecule has 0 bridgehead atoms. The van der Waals surface area contributed by atoms with Crippen LogP contribution in [0.25, 0.3) is 21.6 Å². The van der Waals surface area contributed by atoms with Gasteiger partial charge in [0.15, 0.2) is 0 Å². The van der Waals surface area contributed by atoms with E-state index in [4.69, 9.17) is 0 Å². The smallest absolute Gasteiger partial charge is 0.143 e. The second-order valence-electron chi connectivity index (χ2n) is 3.38. The summed E-state index contributed by atoms with van der Waals surface area (Å²) in [4.78, 5) is 9.75. The van der Waals surface area contributed by atoms with Crippen molar-refractivity contribution in [3.63, 3.8) is 0 Å². The zero-order valence-electron chi connectivity index (χ0n) is 8.29. The van der Waals surface area contributed by atoms with Crippen LogP contribution in [0.5, 0.6) is 5.75 Å². The molecule has 0 radical (unpaired) electrons. The number of fused-ring (bicyclic) bond motifs is 1. The maximum Gasteiger partial charge on any atom is 0.143 e. The minimum absolute atomic E-state index is 0.170. The summed E-state index contributed by atoms with van der Waals surface area (Å²) in [7, 11) is 0. The number of aromatic hydroxyl groups is 1. The van der Waals surface area contributed by atoms with E-state index < -0.39 is 0 Å². The van der Waals surface area contributed by atoms with Crippen LogP contribution in [0.2, 0.25) is 0 Å². The van der Waals surface area contributed by atoms with Crippen molar-refractivity contribution in [1.29, 1.82) is 0 Å². The van der Waals surface area contributed by atoms with E-state index in [1.807, 2.05) is 23.6 Å². The van der Waals surface area contributed by atoms with E-state index in [1.54, 1.807) is 29.7 Å². The Kier molecular flexibility index (Phi) is 2.08. The first-order valence-corrected chi connectivity index (χ1v) is 5.71. The van der Waals surface area contributed by atoms with Crippen molar-refractivity contribution in [2.75, 3.05) is 0 Å². The molecule has 2 heterocycles. The number of phenols is 1. The van der Waals surface area contributed by atoms with Gasteiger partial charge in [0.1, 0.15) is 11.3 Å². The SMILES string of the molecule is Oc1cccc2ncc(-c3cccs3)nc12. The molecule has 0 aliphatic heterocycles. The molecule has 0 saturated heterocycles. The second kappa shape index (κ2) is 3.57. The lowest BCUT2D eigenvalue weighted by Gasteiger charge is -2.01. The Labute approximate surface area is 96.0 Å². The van der Waals surface area contributed by atoms with Crippen molar-refractivity contribution in [2.24, 2.45) is 0 Å². The van der Waals surface area contributed by atoms with Gasteiger partial charge in [-0.2, -0.15) is 0 Å². The first kappa shape index (κ1) is 9.30. The highest BCUT2D eigenvalue weighted by Crippen LogP contribution is 2.26. The number of hydrogen-bond donors (Lipinski definition) is 1. The molecule has 4 heteroatoms. The van der Waals surface area contributed by atoms with E-state index >= 15 is 0 Å². The minimum atomic E-state index is 0.170. The Morgan fingerprint density at radius 1 is 1.12 bits per heavy atom. The van der Waals surface area contributed by atoms with Crippen LogP contribution >= 0.6 is 11.3 Å². The lowest BCUT2D eigenvalue weighted by molar-refractivity contribution is 0.480. The molecular weight excluding hydrogens is 220 g/mol. The van der Waals surface area contributed by atoms with Crippen LogP contribution in [0.4, 0.5) is 0 Å². The van der Waals surface area contributed by atoms with Gasteiger partial charge in [0.2, 0.25) is 0 Å². The Balaban J connectivity index is 2.27. The normalized spacial score (nSPS) is 10.8. The van der Waals surface area contributed by atoms with Gasteiger partial charge in [-0.3, -0.25) is 4.98 Å². The third-order valence-corrected chi connectivity index (χ3v) is 3.22. The van der Waals surface area contributed by atoms with Gasteiger partial charge >= 0.3 is 0 Å². The fourth-order valence-electron chi connectivity index (χ4n) is 1.56. The van der Waals surface area contributed by atoms with Crippen LogP contribution in [-0.2, 0) is 0 Å². The third kappa shape index (κ3) is 1.44. The molecule has 1 aromatic carbocycles. The molecule has 0 saturated carbocycles. The molecule has 3 rings (SSSR count). The first-order chi connectivity index (χ1) is 7.84. The molecule has 0 atom stereocenters. The number of thiophene rings is 1. The third-order valence-electron chi connectivity index (χ3n) is 2.33. The summed E-state index contributed by atoms with van der Waals surface area (Å²) in [6.07, 6.45) is 1.73. The number of hydrogen-bond acceptors (Lipinski definition) is 4. The molecule has 3 aromatic rings. The van der Waals surface area contributed by atoms with Crippen LogP contribution in [0, 0.1) is 0 Å². The number of nitrogens with zero attached hydrogens (tertiary/aromatic N) is 2. The molecule has 78 valence electrons. The number of phenolic OH excluding ortho intramolecular Hbond substituents is 1. The highest BCUT2D eigenvalue weighted by atomic mass is 32.1. The van der Waals surface area contributed by atoms with Gasteiger partial charge in [-0.1, -0.05) is 12.1 Å². The molecule has 3 nitrogen and oxygen atoms in total. The van der Waals surface area contributed by atoms with Gasteiger partial charge in [-0.25, -0.2) is 4.98 Å². The van der Waals surface area contributed by atoms with Crippen LogP contribution in [-0.4, -0.2) is 15.1 Å². The zero-order valence-corrected chi connectivity index (χ0v) is 9.11. The Morgan fingerprint density at radius 2 is 2.06 bits per heavy atom. The molecule has 0 fully saturated rings. The van der Waals surface area contributed by atoms with E-state index in [1.165, 1.54) is 0 Å². The van der Waals surface area contributed by atoms with Crippen molar-refractivity contribution < 1.29 is 5.11 Å². The van der Waals surface area contributed by atoms with Crippen molar-refractivity contribution >= 4 is 22.4 Å². The predicted octanol–water partition coefficient (Wildman–Crippen LogP) is 3.06. The topological polar surface area (TPSA) is 46.0 Å². The summed E-state index contributed by atoms with van der Waals surface area (Å²) in [5, 5.41) is 11.7. The summed E-state index contributed by atoms with van der Waals surface area (Å²) in [6, 6.07) is 9.17. The maximum absolute atomic E-state index is 9.69. The zero-order chi connectivity index (χ0) is 11.0. The van der Waals surface area contributed by atoms with E-state index in [0.29, 0.717) is 11.0 Å². The summed E-state index contributed by atoms with van der Waals surface area (Å²) < 4.78 is 0. The van der Waals surface area contributed by atoms with Gasteiger partial charge in [0, 0.05) is 0 Å². The Hall–Kier alpha value is -1.94. The average Bonchev–Trinajstić information content (AvgIpc) is 2.83. The highest BCUT2D eigenvalue weighted by Gasteiger charge is 2.05. The maximum atomic E-state index is 9.69. The monoisotopic (exact) mass is 228 g/mol. The molecule has 0 aliphatic carbocycles. The fourth-order valence-corrected chi connectivity index (χ4v) is 2.24. The Morgan fingerprint density at radius 3 is 2.88 bits per heavy atom. The van der Waals surface area contributed by atoms with Crippen molar-refractivity contribution in [1.82, 2.24) is 9.97 Å². The minimum Gasteiger partial charge on any atom is -0.506 e. The average molecular weight is 228 g/mol. The van der Waals surface area contributed by atoms with Crippen molar-refractivity contribution in [3.8, 4) is 16.3 Å². The molecule has 16 heavy (non-hydrogen) atoms. The number of para-hydroxylation sites is 1. The number of rotatable bonds is 1. The molecule has 2 aromatic heterocycles. The summed E-state index contributed by atoms with van der Waals surface area (Å²) >= 11 is 1.61. The molecule has 0 spiro atoms. The van der Waals surface area contributed by atoms with Crippen LogP contribution in [0.1, 0.15) is 0 Å². The molecular formula is C12H8N2OS. The number of benzene rings is 1. The van der Waals surface area contributed by atoms with E-state index in [-0.39, 0.29) is 5.75 Å². The van der Waals surface area contributed by atoms with Crippen LogP contribution in [0.15, 0.2) is 41.9 Å². The van der Waals surface area contributed by atoms with Gasteiger partial charge in [-0.15, -0.1) is 11.3 Å². The molecule has 0 unspecified atom stereocenters. The highest BCUT2D eigenvalue weighted by molar-refractivity contribution is 7.13. The van der Waals surface area contributed by atoms with E-state index in [2.05, 4.69) is 9.97 Å². The fraction of sp³-hybridized carbons (Fsp3) is 0. The van der Waals surface area contributed by atoms with Crippen LogP contribution in [0.3, 0.4) is 0 Å².